The molecule has 0 N–H and O–H groups in total. The molecule has 3 aromatic carbocycles. The number of para-hydroxylation sites is 3. The average molecular weight is 286 g/mol. The maximum absolute atomic E-state index is 5.62. The minimum atomic E-state index is 0.787. The molecule has 0 aliphatic rings. The molecule has 106 valence electrons. The van der Waals surface area contributed by atoms with Gasteiger partial charge in [-0.05, 0) is 36.4 Å². The third kappa shape index (κ3) is 2.13. The molecule has 0 bridgehead atoms. The van der Waals surface area contributed by atoms with Crippen LogP contribution in [0.25, 0.3) is 11.1 Å². The van der Waals surface area contributed by atoms with Crippen LogP contribution in [0.15, 0.2) is 89.7 Å². The van der Waals surface area contributed by atoms with Gasteiger partial charge in [-0.15, -0.1) is 0 Å². The molecule has 0 aliphatic carbocycles. The maximum atomic E-state index is 5.62. The van der Waals surface area contributed by atoms with Crippen molar-refractivity contribution >= 4 is 28.2 Å². The van der Waals surface area contributed by atoms with Crippen molar-refractivity contribution < 1.29 is 4.42 Å². The number of hydrogen-bond donors (Lipinski definition) is 0. The standard InChI is InChI=1S/C19H14N2O/c1-3-8-15(9-4-1)21(16-10-5-2-6-11-16)18-13-7-12-17-19(18)22-14-20-17/h1-14H. The summed E-state index contributed by atoms with van der Waals surface area (Å²) in [7, 11) is 0. The van der Waals surface area contributed by atoms with Gasteiger partial charge >= 0.3 is 0 Å². The quantitative estimate of drug-likeness (QED) is 0.512. The molecular weight excluding hydrogens is 272 g/mol. The lowest BCUT2D eigenvalue weighted by Crippen LogP contribution is -2.09. The first-order valence-corrected chi connectivity index (χ1v) is 7.16. The van der Waals surface area contributed by atoms with E-state index in [-0.39, 0.29) is 0 Å². The zero-order chi connectivity index (χ0) is 14.8. The van der Waals surface area contributed by atoms with Crippen LogP contribution in [0.2, 0.25) is 0 Å². The van der Waals surface area contributed by atoms with E-state index in [1.54, 1.807) is 0 Å². The van der Waals surface area contributed by atoms with Gasteiger partial charge in [0.1, 0.15) is 5.52 Å². The summed E-state index contributed by atoms with van der Waals surface area (Å²) in [5, 5.41) is 0. The van der Waals surface area contributed by atoms with E-state index in [9.17, 15) is 0 Å². The minimum absolute atomic E-state index is 0.787. The van der Waals surface area contributed by atoms with Crippen LogP contribution in [0.5, 0.6) is 0 Å². The Labute approximate surface area is 128 Å². The summed E-state index contributed by atoms with van der Waals surface area (Å²) in [5.74, 6) is 0. The number of aromatic nitrogens is 1. The van der Waals surface area contributed by atoms with Crippen LogP contribution < -0.4 is 4.90 Å². The molecule has 0 radical (unpaired) electrons. The minimum Gasteiger partial charge on any atom is -0.441 e. The van der Waals surface area contributed by atoms with Crippen molar-refractivity contribution in [2.24, 2.45) is 0 Å². The average Bonchev–Trinajstić information content (AvgIpc) is 3.07. The number of benzene rings is 3. The van der Waals surface area contributed by atoms with Gasteiger partial charge < -0.3 is 9.32 Å². The Morgan fingerprint density at radius 1 is 0.682 bits per heavy atom. The third-order valence-corrected chi connectivity index (χ3v) is 3.61. The molecule has 0 saturated heterocycles. The van der Waals surface area contributed by atoms with E-state index in [0.717, 1.165) is 28.2 Å². The molecule has 0 aliphatic heterocycles. The van der Waals surface area contributed by atoms with Gasteiger partial charge in [-0.2, -0.15) is 0 Å². The molecule has 1 heterocycles. The van der Waals surface area contributed by atoms with Gasteiger partial charge in [0.25, 0.3) is 0 Å². The van der Waals surface area contributed by atoms with Crippen LogP contribution in [0.3, 0.4) is 0 Å². The van der Waals surface area contributed by atoms with Gasteiger partial charge in [0.05, 0.1) is 5.69 Å². The monoisotopic (exact) mass is 286 g/mol. The molecule has 3 nitrogen and oxygen atoms in total. The van der Waals surface area contributed by atoms with Crippen LogP contribution >= 0.6 is 0 Å². The van der Waals surface area contributed by atoms with Gasteiger partial charge in [-0.25, -0.2) is 4.98 Å². The zero-order valence-electron chi connectivity index (χ0n) is 11.9. The van der Waals surface area contributed by atoms with Crippen molar-refractivity contribution in [1.29, 1.82) is 0 Å². The highest BCUT2D eigenvalue weighted by Gasteiger charge is 2.16. The summed E-state index contributed by atoms with van der Waals surface area (Å²) >= 11 is 0. The highest BCUT2D eigenvalue weighted by molar-refractivity contribution is 5.93. The number of nitrogens with zero attached hydrogens (tertiary/aromatic N) is 2. The Balaban J connectivity index is 1.97. The first kappa shape index (κ1) is 12.7. The van der Waals surface area contributed by atoms with E-state index < -0.39 is 0 Å². The molecule has 0 unspecified atom stereocenters. The zero-order valence-corrected chi connectivity index (χ0v) is 11.9. The van der Waals surface area contributed by atoms with Crippen LogP contribution in [0.4, 0.5) is 17.1 Å². The molecular formula is C19H14N2O. The molecule has 4 aromatic rings. The van der Waals surface area contributed by atoms with Crippen LogP contribution in [-0.4, -0.2) is 4.98 Å². The van der Waals surface area contributed by atoms with Gasteiger partial charge in [0.2, 0.25) is 0 Å². The molecule has 4 rings (SSSR count). The summed E-state index contributed by atoms with van der Waals surface area (Å²) in [5.41, 5.74) is 4.78. The topological polar surface area (TPSA) is 29.3 Å². The maximum Gasteiger partial charge on any atom is 0.182 e. The third-order valence-electron chi connectivity index (χ3n) is 3.61. The van der Waals surface area contributed by atoms with Crippen LogP contribution in [0, 0.1) is 0 Å². The van der Waals surface area contributed by atoms with Crippen molar-refractivity contribution in [2.45, 2.75) is 0 Å². The van der Waals surface area contributed by atoms with E-state index >= 15 is 0 Å². The lowest BCUT2D eigenvalue weighted by Gasteiger charge is -2.25. The second-order valence-corrected chi connectivity index (χ2v) is 4.98. The predicted molar refractivity (Wildman–Crippen MR) is 88.7 cm³/mol. The predicted octanol–water partition coefficient (Wildman–Crippen LogP) is 5.30. The van der Waals surface area contributed by atoms with Crippen molar-refractivity contribution in [2.75, 3.05) is 4.90 Å². The van der Waals surface area contributed by atoms with Crippen LogP contribution in [0.1, 0.15) is 0 Å². The largest absolute Gasteiger partial charge is 0.441 e. The van der Waals surface area contributed by atoms with Gasteiger partial charge in [0, 0.05) is 11.4 Å². The molecule has 3 heteroatoms. The van der Waals surface area contributed by atoms with E-state index in [4.69, 9.17) is 4.42 Å². The fraction of sp³-hybridized carbons (Fsp3) is 0. The van der Waals surface area contributed by atoms with Crippen molar-refractivity contribution in [1.82, 2.24) is 4.98 Å². The Hall–Kier alpha value is -3.07. The molecule has 1 aromatic heterocycles. The summed E-state index contributed by atoms with van der Waals surface area (Å²) < 4.78 is 5.62. The normalized spacial score (nSPS) is 10.7. The lowest BCUT2D eigenvalue weighted by atomic mass is 10.2. The summed E-state index contributed by atoms with van der Waals surface area (Å²) in [4.78, 5) is 6.43. The Morgan fingerprint density at radius 2 is 1.32 bits per heavy atom. The van der Waals surface area contributed by atoms with E-state index in [1.807, 2.05) is 54.6 Å². The molecule has 0 amide bonds. The molecule has 0 atom stereocenters. The summed E-state index contributed by atoms with van der Waals surface area (Å²) in [6, 6.07) is 26.5. The van der Waals surface area contributed by atoms with Gasteiger partial charge in [0.15, 0.2) is 12.0 Å². The fourth-order valence-corrected chi connectivity index (χ4v) is 2.63. The SMILES string of the molecule is c1ccc(N(c2ccccc2)c2cccc3ncoc23)cc1. The molecule has 0 saturated carbocycles. The van der Waals surface area contributed by atoms with Crippen molar-refractivity contribution in [3.05, 3.63) is 85.3 Å². The molecule has 0 spiro atoms. The summed E-state index contributed by atoms with van der Waals surface area (Å²) in [6.45, 7) is 0. The molecule has 0 fully saturated rings. The first-order valence-electron chi connectivity index (χ1n) is 7.16. The van der Waals surface area contributed by atoms with E-state index in [0.29, 0.717) is 0 Å². The second kappa shape index (κ2) is 5.37. The van der Waals surface area contributed by atoms with Crippen molar-refractivity contribution in [3.8, 4) is 0 Å². The number of anilines is 3. The van der Waals surface area contributed by atoms with Gasteiger partial charge in [-0.1, -0.05) is 42.5 Å². The number of fused-ring (bicyclic) bond motifs is 1. The second-order valence-electron chi connectivity index (χ2n) is 4.98. The van der Waals surface area contributed by atoms with Crippen molar-refractivity contribution in [3.63, 3.8) is 0 Å². The van der Waals surface area contributed by atoms with Crippen LogP contribution in [-0.2, 0) is 0 Å². The Morgan fingerprint density at radius 3 is 1.95 bits per heavy atom. The number of rotatable bonds is 3. The highest BCUT2D eigenvalue weighted by Crippen LogP contribution is 2.37. The lowest BCUT2D eigenvalue weighted by molar-refractivity contribution is 0.602. The fourth-order valence-electron chi connectivity index (χ4n) is 2.63. The van der Waals surface area contributed by atoms with Gasteiger partial charge in [-0.3, -0.25) is 0 Å². The molecule has 22 heavy (non-hydrogen) atoms. The number of oxazole rings is 1. The van der Waals surface area contributed by atoms with E-state index in [2.05, 4.69) is 34.1 Å². The Kier molecular flexibility index (Phi) is 3.09. The Bertz CT molecular complexity index is 845. The summed E-state index contributed by atoms with van der Waals surface area (Å²) in [6.07, 6.45) is 1.49. The number of hydrogen-bond acceptors (Lipinski definition) is 3. The first-order chi connectivity index (χ1) is 10.9. The highest BCUT2D eigenvalue weighted by atomic mass is 16.3. The van der Waals surface area contributed by atoms with E-state index in [1.165, 1.54) is 6.39 Å². The smallest absolute Gasteiger partial charge is 0.182 e.